The van der Waals surface area contributed by atoms with E-state index >= 15 is 0 Å². The fourth-order valence-corrected chi connectivity index (χ4v) is 3.54. The standard InChI is InChI=1S/C22H20O6/c1-24-18-12-17-20(22(26-3)21(18)25-2)14(11-19(23)28-17)16-10-9-15(27-16)13-7-5-4-6-8-13/h4-10,12,14H,11H2,1-3H3. The number of hydrogen-bond donors (Lipinski definition) is 0. The summed E-state index contributed by atoms with van der Waals surface area (Å²) in [7, 11) is 4.60. The van der Waals surface area contributed by atoms with E-state index in [1.807, 2.05) is 42.5 Å². The maximum absolute atomic E-state index is 12.3. The molecule has 144 valence electrons. The van der Waals surface area contributed by atoms with Crippen molar-refractivity contribution in [2.75, 3.05) is 21.3 Å². The quantitative estimate of drug-likeness (QED) is 0.482. The monoisotopic (exact) mass is 380 g/mol. The van der Waals surface area contributed by atoms with Crippen LogP contribution in [-0.2, 0) is 4.79 Å². The van der Waals surface area contributed by atoms with Gasteiger partial charge in [-0.1, -0.05) is 30.3 Å². The molecule has 1 unspecified atom stereocenters. The van der Waals surface area contributed by atoms with Crippen LogP contribution >= 0.6 is 0 Å². The van der Waals surface area contributed by atoms with Gasteiger partial charge in [-0.3, -0.25) is 4.79 Å². The zero-order chi connectivity index (χ0) is 19.7. The van der Waals surface area contributed by atoms with E-state index in [0.717, 1.165) is 11.3 Å². The van der Waals surface area contributed by atoms with Crippen LogP contribution in [0, 0.1) is 0 Å². The molecule has 0 amide bonds. The minimum absolute atomic E-state index is 0.139. The lowest BCUT2D eigenvalue weighted by atomic mass is 9.89. The van der Waals surface area contributed by atoms with E-state index < -0.39 is 0 Å². The predicted octanol–water partition coefficient (Wildman–Crippen LogP) is 4.41. The van der Waals surface area contributed by atoms with E-state index in [1.165, 1.54) is 14.2 Å². The molecule has 2 aromatic carbocycles. The summed E-state index contributed by atoms with van der Waals surface area (Å²) in [6.07, 6.45) is 0.139. The van der Waals surface area contributed by atoms with Gasteiger partial charge in [0.25, 0.3) is 0 Å². The Labute approximate surface area is 162 Å². The van der Waals surface area contributed by atoms with Crippen molar-refractivity contribution in [2.24, 2.45) is 0 Å². The van der Waals surface area contributed by atoms with Crippen LogP contribution in [0.1, 0.15) is 23.7 Å². The van der Waals surface area contributed by atoms with Gasteiger partial charge in [0.05, 0.1) is 39.2 Å². The maximum atomic E-state index is 12.3. The number of carbonyl (C=O) groups excluding carboxylic acids is 1. The smallest absolute Gasteiger partial charge is 0.312 e. The third kappa shape index (κ3) is 2.97. The zero-order valence-electron chi connectivity index (χ0n) is 15.9. The van der Waals surface area contributed by atoms with Crippen molar-refractivity contribution in [2.45, 2.75) is 12.3 Å². The van der Waals surface area contributed by atoms with Gasteiger partial charge in [0.2, 0.25) is 5.75 Å². The average Bonchev–Trinajstić information content (AvgIpc) is 3.22. The highest BCUT2D eigenvalue weighted by Crippen LogP contribution is 2.52. The summed E-state index contributed by atoms with van der Waals surface area (Å²) < 4.78 is 28.0. The van der Waals surface area contributed by atoms with Crippen LogP contribution in [0.3, 0.4) is 0 Å². The van der Waals surface area contributed by atoms with E-state index in [1.54, 1.807) is 13.2 Å². The van der Waals surface area contributed by atoms with E-state index in [-0.39, 0.29) is 18.3 Å². The summed E-state index contributed by atoms with van der Waals surface area (Å²) in [6.45, 7) is 0. The first-order chi connectivity index (χ1) is 13.7. The van der Waals surface area contributed by atoms with Gasteiger partial charge in [-0.2, -0.15) is 0 Å². The van der Waals surface area contributed by atoms with Gasteiger partial charge in [0.1, 0.15) is 17.3 Å². The SMILES string of the molecule is COc1cc2c(c(OC)c1OC)C(c1ccc(-c3ccccc3)o1)CC(=O)O2. The summed E-state index contributed by atoms with van der Waals surface area (Å²) in [4.78, 5) is 12.3. The molecule has 0 radical (unpaired) electrons. The topological polar surface area (TPSA) is 67.1 Å². The Morgan fingerprint density at radius 1 is 0.929 bits per heavy atom. The van der Waals surface area contributed by atoms with Crippen LogP contribution in [0.25, 0.3) is 11.3 Å². The number of carbonyl (C=O) groups is 1. The molecule has 1 aliphatic rings. The van der Waals surface area contributed by atoms with Gasteiger partial charge in [-0.15, -0.1) is 0 Å². The summed E-state index contributed by atoms with van der Waals surface area (Å²) in [5.41, 5.74) is 1.67. The molecule has 0 spiro atoms. The van der Waals surface area contributed by atoms with Crippen molar-refractivity contribution < 1.29 is 28.2 Å². The van der Waals surface area contributed by atoms with Crippen LogP contribution < -0.4 is 18.9 Å². The molecular formula is C22H20O6. The molecule has 0 N–H and O–H groups in total. The number of hydrogen-bond acceptors (Lipinski definition) is 6. The van der Waals surface area contributed by atoms with Crippen LogP contribution in [0.15, 0.2) is 52.9 Å². The van der Waals surface area contributed by atoms with Crippen LogP contribution in [0.2, 0.25) is 0 Å². The normalized spacial score (nSPS) is 15.5. The first-order valence-corrected chi connectivity index (χ1v) is 8.85. The number of benzene rings is 2. The van der Waals surface area contributed by atoms with Crippen molar-refractivity contribution >= 4 is 5.97 Å². The molecular weight excluding hydrogens is 360 g/mol. The first kappa shape index (κ1) is 18.0. The van der Waals surface area contributed by atoms with Crippen LogP contribution in [0.4, 0.5) is 0 Å². The Morgan fingerprint density at radius 3 is 2.36 bits per heavy atom. The minimum Gasteiger partial charge on any atom is -0.493 e. The Morgan fingerprint density at radius 2 is 1.68 bits per heavy atom. The average molecular weight is 380 g/mol. The molecule has 6 heteroatoms. The second-order valence-corrected chi connectivity index (χ2v) is 6.36. The van der Waals surface area contributed by atoms with Gasteiger partial charge in [-0.05, 0) is 12.1 Å². The molecule has 3 aromatic rings. The van der Waals surface area contributed by atoms with Crippen molar-refractivity contribution in [3.63, 3.8) is 0 Å². The molecule has 0 fully saturated rings. The fraction of sp³-hybridized carbons (Fsp3) is 0.227. The number of rotatable bonds is 5. The predicted molar refractivity (Wildman–Crippen MR) is 102 cm³/mol. The lowest BCUT2D eigenvalue weighted by Crippen LogP contribution is -2.21. The third-order valence-electron chi connectivity index (χ3n) is 4.80. The molecule has 2 heterocycles. The second kappa shape index (κ2) is 7.31. The Bertz CT molecular complexity index is 1010. The molecule has 1 aromatic heterocycles. The molecule has 0 aliphatic carbocycles. The van der Waals surface area contributed by atoms with E-state index in [0.29, 0.717) is 34.3 Å². The van der Waals surface area contributed by atoms with Crippen molar-refractivity contribution in [1.82, 2.24) is 0 Å². The molecule has 1 atom stereocenters. The van der Waals surface area contributed by atoms with Gasteiger partial charge in [0.15, 0.2) is 11.5 Å². The lowest BCUT2D eigenvalue weighted by molar-refractivity contribution is -0.135. The highest BCUT2D eigenvalue weighted by atomic mass is 16.5. The van der Waals surface area contributed by atoms with Crippen molar-refractivity contribution in [1.29, 1.82) is 0 Å². The lowest BCUT2D eigenvalue weighted by Gasteiger charge is -2.27. The number of ether oxygens (including phenoxy) is 4. The van der Waals surface area contributed by atoms with Gasteiger partial charge in [-0.25, -0.2) is 0 Å². The van der Waals surface area contributed by atoms with Crippen LogP contribution in [-0.4, -0.2) is 27.3 Å². The Kier molecular flexibility index (Phi) is 4.69. The van der Waals surface area contributed by atoms with Gasteiger partial charge in [0, 0.05) is 11.6 Å². The first-order valence-electron chi connectivity index (χ1n) is 8.85. The Hall–Kier alpha value is -3.41. The highest BCUT2D eigenvalue weighted by molar-refractivity contribution is 5.80. The third-order valence-corrected chi connectivity index (χ3v) is 4.80. The zero-order valence-corrected chi connectivity index (χ0v) is 15.9. The van der Waals surface area contributed by atoms with Gasteiger partial charge < -0.3 is 23.4 Å². The minimum atomic E-state index is -0.358. The molecule has 0 saturated carbocycles. The van der Waals surface area contributed by atoms with Crippen molar-refractivity contribution in [3.05, 3.63) is 59.9 Å². The molecule has 0 saturated heterocycles. The molecule has 0 bridgehead atoms. The van der Waals surface area contributed by atoms with Crippen LogP contribution in [0.5, 0.6) is 23.0 Å². The molecule has 6 nitrogen and oxygen atoms in total. The van der Waals surface area contributed by atoms with E-state index in [9.17, 15) is 4.79 Å². The largest absolute Gasteiger partial charge is 0.493 e. The van der Waals surface area contributed by atoms with Gasteiger partial charge >= 0.3 is 5.97 Å². The molecule has 1 aliphatic heterocycles. The summed E-state index contributed by atoms with van der Waals surface area (Å²) in [5, 5.41) is 0. The number of esters is 1. The number of furan rings is 1. The highest BCUT2D eigenvalue weighted by Gasteiger charge is 2.36. The summed E-state index contributed by atoms with van der Waals surface area (Å²) in [6, 6.07) is 15.2. The fourth-order valence-electron chi connectivity index (χ4n) is 3.54. The molecule has 4 rings (SSSR count). The Balaban J connectivity index is 1.85. The maximum Gasteiger partial charge on any atom is 0.312 e. The van der Waals surface area contributed by atoms with E-state index in [2.05, 4.69) is 0 Å². The molecule has 28 heavy (non-hydrogen) atoms. The number of fused-ring (bicyclic) bond motifs is 1. The van der Waals surface area contributed by atoms with E-state index in [4.69, 9.17) is 23.4 Å². The van der Waals surface area contributed by atoms with Crippen molar-refractivity contribution in [3.8, 4) is 34.3 Å². The summed E-state index contributed by atoms with van der Waals surface area (Å²) in [5.74, 6) is 2.41. The second-order valence-electron chi connectivity index (χ2n) is 6.36. The summed E-state index contributed by atoms with van der Waals surface area (Å²) >= 11 is 0. The number of methoxy groups -OCH3 is 3.